The van der Waals surface area contributed by atoms with Gasteiger partial charge in [-0.15, -0.1) is 0 Å². The molecule has 1 N–H and O–H groups in total. The van der Waals surface area contributed by atoms with Crippen LogP contribution in [0.15, 0.2) is 59.5 Å². The third-order valence-corrected chi connectivity index (χ3v) is 8.22. The quantitative estimate of drug-likeness (QED) is 0.657. The van der Waals surface area contributed by atoms with E-state index in [0.717, 1.165) is 13.1 Å². The molecule has 2 aromatic carbocycles. The first kappa shape index (κ1) is 20.3. The lowest BCUT2D eigenvalue weighted by Crippen LogP contribution is -2.40. The van der Waals surface area contributed by atoms with Crippen molar-refractivity contribution in [3.63, 3.8) is 0 Å². The molecule has 2 saturated heterocycles. The number of aromatic amines is 1. The van der Waals surface area contributed by atoms with Crippen LogP contribution in [0.3, 0.4) is 0 Å². The lowest BCUT2D eigenvalue weighted by Gasteiger charge is -2.26. The van der Waals surface area contributed by atoms with Crippen LogP contribution in [-0.2, 0) is 22.0 Å². The van der Waals surface area contributed by atoms with Crippen LogP contribution in [0.2, 0.25) is 0 Å². The minimum atomic E-state index is -3.73. The van der Waals surface area contributed by atoms with E-state index >= 15 is 0 Å². The summed E-state index contributed by atoms with van der Waals surface area (Å²) in [5.74, 6) is 0.995. The summed E-state index contributed by atoms with van der Waals surface area (Å²) in [5, 5.41) is 7.36. The molecule has 31 heavy (non-hydrogen) atoms. The van der Waals surface area contributed by atoms with Gasteiger partial charge in [-0.1, -0.05) is 30.3 Å². The zero-order valence-electron chi connectivity index (χ0n) is 17.2. The molecule has 5 rings (SSSR count). The van der Waals surface area contributed by atoms with E-state index in [0.29, 0.717) is 31.3 Å². The molecule has 9 heteroatoms. The number of H-pyrrole nitrogens is 1. The third-order valence-electron chi connectivity index (χ3n) is 6.39. The first-order chi connectivity index (χ1) is 14.9. The van der Waals surface area contributed by atoms with Crippen molar-refractivity contribution in [2.75, 3.05) is 26.2 Å². The molecule has 0 saturated carbocycles. The third kappa shape index (κ3) is 3.56. The number of nitrogens with zero attached hydrogens (tertiary/aromatic N) is 4. The van der Waals surface area contributed by atoms with Gasteiger partial charge in [0, 0.05) is 38.6 Å². The number of likely N-dealkylation sites (tertiary alicyclic amines) is 1. The zero-order chi connectivity index (χ0) is 21.6. The SMILES string of the molecule is Cc1nc([C@]23CN(Cc4ccccc4)C[C@H]2CN(S(=O)(=O)c2ccc(F)cc2)C3)n[nH]1. The molecule has 2 fully saturated rings. The van der Waals surface area contributed by atoms with E-state index in [2.05, 4.69) is 32.2 Å². The Morgan fingerprint density at radius 3 is 2.52 bits per heavy atom. The number of hydrogen-bond acceptors (Lipinski definition) is 5. The van der Waals surface area contributed by atoms with Gasteiger partial charge in [-0.2, -0.15) is 9.40 Å². The van der Waals surface area contributed by atoms with Crippen molar-refractivity contribution in [1.82, 2.24) is 24.4 Å². The van der Waals surface area contributed by atoms with Crippen molar-refractivity contribution >= 4 is 10.0 Å². The highest BCUT2D eigenvalue weighted by atomic mass is 32.2. The van der Waals surface area contributed by atoms with E-state index in [-0.39, 0.29) is 10.8 Å². The van der Waals surface area contributed by atoms with Crippen LogP contribution in [0.4, 0.5) is 4.39 Å². The van der Waals surface area contributed by atoms with E-state index < -0.39 is 21.3 Å². The van der Waals surface area contributed by atoms with Crippen LogP contribution in [0.1, 0.15) is 17.2 Å². The number of fused-ring (bicyclic) bond motifs is 1. The summed E-state index contributed by atoms with van der Waals surface area (Å²) in [7, 11) is -3.73. The predicted molar refractivity (Wildman–Crippen MR) is 113 cm³/mol. The highest BCUT2D eigenvalue weighted by Crippen LogP contribution is 2.45. The van der Waals surface area contributed by atoms with Crippen LogP contribution in [0.5, 0.6) is 0 Å². The largest absolute Gasteiger partial charge is 0.298 e. The smallest absolute Gasteiger partial charge is 0.243 e. The van der Waals surface area contributed by atoms with Gasteiger partial charge in [0.25, 0.3) is 0 Å². The van der Waals surface area contributed by atoms with Gasteiger partial charge < -0.3 is 0 Å². The van der Waals surface area contributed by atoms with Gasteiger partial charge in [-0.25, -0.2) is 17.8 Å². The number of aromatic nitrogens is 3. The highest BCUT2D eigenvalue weighted by molar-refractivity contribution is 7.89. The molecule has 0 unspecified atom stereocenters. The molecular formula is C22H24FN5O2S. The number of halogens is 1. The topological polar surface area (TPSA) is 82.2 Å². The molecule has 0 amide bonds. The fourth-order valence-electron chi connectivity index (χ4n) is 4.91. The van der Waals surface area contributed by atoms with Crippen molar-refractivity contribution in [1.29, 1.82) is 0 Å². The molecule has 0 aliphatic carbocycles. The van der Waals surface area contributed by atoms with E-state index in [1.165, 1.54) is 34.1 Å². The van der Waals surface area contributed by atoms with Gasteiger partial charge >= 0.3 is 0 Å². The average molecular weight is 442 g/mol. The Morgan fingerprint density at radius 1 is 1.10 bits per heavy atom. The molecular weight excluding hydrogens is 417 g/mol. The van der Waals surface area contributed by atoms with Gasteiger partial charge in [-0.3, -0.25) is 10.00 Å². The van der Waals surface area contributed by atoms with Crippen molar-refractivity contribution in [2.24, 2.45) is 5.92 Å². The number of rotatable bonds is 5. The van der Waals surface area contributed by atoms with Crippen molar-refractivity contribution in [2.45, 2.75) is 23.8 Å². The van der Waals surface area contributed by atoms with E-state index in [4.69, 9.17) is 0 Å². The number of benzene rings is 2. The summed E-state index contributed by atoms with van der Waals surface area (Å²) in [6, 6.07) is 15.3. The molecule has 2 atom stereocenters. The molecule has 0 spiro atoms. The minimum Gasteiger partial charge on any atom is -0.298 e. The summed E-state index contributed by atoms with van der Waals surface area (Å²) >= 11 is 0. The second-order valence-electron chi connectivity index (χ2n) is 8.50. The van der Waals surface area contributed by atoms with Gasteiger partial charge in [0.05, 0.1) is 10.3 Å². The Bertz CT molecular complexity index is 1180. The van der Waals surface area contributed by atoms with E-state index in [9.17, 15) is 12.8 Å². The van der Waals surface area contributed by atoms with Gasteiger partial charge in [-0.05, 0) is 36.8 Å². The lowest BCUT2D eigenvalue weighted by molar-refractivity contribution is 0.278. The maximum atomic E-state index is 13.3. The molecule has 3 aromatic rings. The zero-order valence-corrected chi connectivity index (χ0v) is 18.0. The van der Waals surface area contributed by atoms with Crippen LogP contribution in [0.25, 0.3) is 0 Å². The second kappa shape index (κ2) is 7.51. The number of aryl methyl sites for hydroxylation is 1. The number of hydrogen-bond donors (Lipinski definition) is 1. The fraction of sp³-hybridized carbons (Fsp3) is 0.364. The molecule has 3 heterocycles. The van der Waals surface area contributed by atoms with Crippen molar-refractivity contribution < 1.29 is 12.8 Å². The maximum absolute atomic E-state index is 13.3. The van der Waals surface area contributed by atoms with Gasteiger partial charge in [0.2, 0.25) is 10.0 Å². The summed E-state index contributed by atoms with van der Waals surface area (Å²) in [6.07, 6.45) is 0. The average Bonchev–Trinajstić information content (AvgIpc) is 3.42. The summed E-state index contributed by atoms with van der Waals surface area (Å²) in [6.45, 7) is 4.78. The second-order valence-corrected chi connectivity index (χ2v) is 10.4. The standard InChI is InChI=1S/C22H24FN5O2S/c1-16-24-21(26-25-16)22-14-27(11-17-5-3-2-4-6-17)12-18(22)13-28(15-22)31(29,30)20-9-7-19(23)8-10-20/h2-10,18H,11-15H2,1H3,(H,24,25,26)/t18-,22-/m0/s1. The number of nitrogens with one attached hydrogen (secondary N) is 1. The monoisotopic (exact) mass is 441 g/mol. The Morgan fingerprint density at radius 2 is 1.84 bits per heavy atom. The van der Waals surface area contributed by atoms with Crippen LogP contribution >= 0.6 is 0 Å². The van der Waals surface area contributed by atoms with E-state index in [1.807, 2.05) is 25.1 Å². The lowest BCUT2D eigenvalue weighted by atomic mass is 9.80. The molecule has 2 aliphatic heterocycles. The Labute approximate surface area is 181 Å². The first-order valence-electron chi connectivity index (χ1n) is 10.3. The van der Waals surface area contributed by atoms with Gasteiger partial charge in [0.15, 0.2) is 5.82 Å². The molecule has 7 nitrogen and oxygen atoms in total. The van der Waals surface area contributed by atoms with Crippen molar-refractivity contribution in [3.05, 3.63) is 77.6 Å². The summed E-state index contributed by atoms with van der Waals surface area (Å²) < 4.78 is 41.4. The van der Waals surface area contributed by atoms with Crippen LogP contribution in [-0.4, -0.2) is 59.0 Å². The van der Waals surface area contributed by atoms with Crippen LogP contribution < -0.4 is 0 Å². The Kier molecular flexibility index (Phi) is 4.91. The van der Waals surface area contributed by atoms with Crippen LogP contribution in [0, 0.1) is 18.7 Å². The fourth-order valence-corrected chi connectivity index (χ4v) is 6.46. The predicted octanol–water partition coefficient (Wildman–Crippen LogP) is 2.33. The molecule has 0 bridgehead atoms. The first-order valence-corrected chi connectivity index (χ1v) is 11.7. The van der Waals surface area contributed by atoms with Crippen molar-refractivity contribution in [3.8, 4) is 0 Å². The normalized spacial score (nSPS) is 24.5. The highest BCUT2D eigenvalue weighted by Gasteiger charge is 2.58. The molecule has 1 aromatic heterocycles. The van der Waals surface area contributed by atoms with Gasteiger partial charge in [0.1, 0.15) is 11.6 Å². The molecule has 162 valence electrons. The Hall–Kier alpha value is -2.62. The summed E-state index contributed by atoms with van der Waals surface area (Å²) in [4.78, 5) is 7.07. The molecule has 2 aliphatic rings. The summed E-state index contributed by atoms with van der Waals surface area (Å²) in [5.41, 5.74) is 0.742. The number of sulfonamides is 1. The Balaban J connectivity index is 1.45. The minimum absolute atomic E-state index is 0.0710. The molecule has 0 radical (unpaired) electrons. The van der Waals surface area contributed by atoms with E-state index in [1.54, 1.807) is 0 Å². The maximum Gasteiger partial charge on any atom is 0.243 e.